The van der Waals surface area contributed by atoms with E-state index in [1.54, 1.807) is 30.5 Å². The summed E-state index contributed by atoms with van der Waals surface area (Å²) in [4.78, 5) is 36.1. The summed E-state index contributed by atoms with van der Waals surface area (Å²) in [6, 6.07) is 7.94. The number of anilines is 2. The fourth-order valence-corrected chi connectivity index (χ4v) is 6.62. The van der Waals surface area contributed by atoms with E-state index in [9.17, 15) is 18.0 Å². The average Bonchev–Trinajstić information content (AvgIpc) is 3.15. The van der Waals surface area contributed by atoms with Gasteiger partial charge in [-0.3, -0.25) is 4.79 Å². The molecule has 4 rings (SSSR count). The minimum absolute atomic E-state index is 0.0181. The Hall–Kier alpha value is -3.41. The summed E-state index contributed by atoms with van der Waals surface area (Å²) in [6.07, 6.45) is 5.17. The number of hydrogen-bond acceptors (Lipinski definition) is 9. The molecule has 2 aromatic rings. The number of carbonyl (C=O) groups excluding carboxylic acids is 2. The second-order valence-electron chi connectivity index (χ2n) is 12.7. The number of pyridine rings is 2. The standard InChI is InChI=1S/C29H42N6O5S/c1-19-17-29(5,6)35(18-19)25-22(9-8-16-30-25)26(36)34-41(38,39)24-11-7-10-23(33-24)31-20-12-14-21(15-13-20)32-27(37)40-28(2,3)4/h7-11,16,19-21H,12-15,17-18H2,1-6H3,(H,31,33)(H,32,37)(H,34,36)/t19?,20-,21-. The van der Waals surface area contributed by atoms with Crippen LogP contribution in [0.3, 0.4) is 0 Å². The number of hydrogen-bond donors (Lipinski definition) is 3. The molecule has 1 aliphatic heterocycles. The van der Waals surface area contributed by atoms with Gasteiger partial charge in [0.25, 0.3) is 15.9 Å². The highest BCUT2D eigenvalue weighted by atomic mass is 32.2. The van der Waals surface area contributed by atoms with E-state index in [1.165, 1.54) is 6.07 Å². The monoisotopic (exact) mass is 586 g/mol. The van der Waals surface area contributed by atoms with E-state index in [4.69, 9.17) is 4.74 Å². The van der Waals surface area contributed by atoms with Gasteiger partial charge in [0, 0.05) is 30.4 Å². The number of amides is 2. The van der Waals surface area contributed by atoms with Gasteiger partial charge in [0.1, 0.15) is 17.2 Å². The molecule has 2 fully saturated rings. The Bertz CT molecular complexity index is 1370. The van der Waals surface area contributed by atoms with Gasteiger partial charge in [-0.25, -0.2) is 19.5 Å². The average molecular weight is 587 g/mol. The first-order chi connectivity index (χ1) is 19.1. The number of carbonyl (C=O) groups is 2. The van der Waals surface area contributed by atoms with Gasteiger partial charge in [-0.2, -0.15) is 8.42 Å². The molecule has 3 N–H and O–H groups in total. The van der Waals surface area contributed by atoms with Crippen LogP contribution in [-0.2, 0) is 14.8 Å². The molecule has 1 saturated carbocycles. The van der Waals surface area contributed by atoms with Crippen LogP contribution in [-0.4, -0.2) is 60.2 Å². The predicted molar refractivity (Wildman–Crippen MR) is 157 cm³/mol. The van der Waals surface area contributed by atoms with Gasteiger partial charge in [0.15, 0.2) is 5.03 Å². The topological polar surface area (TPSA) is 143 Å². The van der Waals surface area contributed by atoms with E-state index >= 15 is 0 Å². The fourth-order valence-electron chi connectivity index (χ4n) is 5.69. The third-order valence-corrected chi connectivity index (χ3v) is 8.62. The van der Waals surface area contributed by atoms with Crippen LogP contribution < -0.4 is 20.3 Å². The van der Waals surface area contributed by atoms with Crippen LogP contribution in [0.5, 0.6) is 0 Å². The molecule has 1 atom stereocenters. The van der Waals surface area contributed by atoms with Crippen molar-refractivity contribution in [1.82, 2.24) is 20.0 Å². The number of aromatic nitrogens is 2. The highest BCUT2D eigenvalue weighted by Gasteiger charge is 2.39. The molecular formula is C29H42N6O5S. The lowest BCUT2D eigenvalue weighted by molar-refractivity contribution is 0.0492. The van der Waals surface area contributed by atoms with Gasteiger partial charge in [-0.15, -0.1) is 0 Å². The van der Waals surface area contributed by atoms with Crippen molar-refractivity contribution in [3.05, 3.63) is 42.1 Å². The Morgan fingerprint density at radius 1 is 1.05 bits per heavy atom. The molecule has 1 unspecified atom stereocenters. The van der Waals surface area contributed by atoms with Crippen molar-refractivity contribution in [3.8, 4) is 0 Å². The first-order valence-electron chi connectivity index (χ1n) is 14.2. The lowest BCUT2D eigenvalue weighted by Gasteiger charge is -2.33. The summed E-state index contributed by atoms with van der Waals surface area (Å²) in [5.41, 5.74) is -0.568. The lowest BCUT2D eigenvalue weighted by Crippen LogP contribution is -2.42. The molecule has 2 amide bonds. The highest BCUT2D eigenvalue weighted by molar-refractivity contribution is 7.90. The minimum atomic E-state index is -4.25. The van der Waals surface area contributed by atoms with Crippen LogP contribution in [0.2, 0.25) is 0 Å². The summed E-state index contributed by atoms with van der Waals surface area (Å²) in [5, 5.41) is 5.97. The van der Waals surface area contributed by atoms with Gasteiger partial charge < -0.3 is 20.3 Å². The van der Waals surface area contributed by atoms with Crippen molar-refractivity contribution in [1.29, 1.82) is 0 Å². The normalized spacial score (nSPS) is 22.6. The van der Waals surface area contributed by atoms with E-state index in [0.29, 0.717) is 17.6 Å². The molecule has 1 saturated heterocycles. The summed E-state index contributed by atoms with van der Waals surface area (Å²) in [5.74, 6) is 0.537. The molecule has 11 nitrogen and oxygen atoms in total. The zero-order valence-corrected chi connectivity index (χ0v) is 25.5. The lowest BCUT2D eigenvalue weighted by atomic mass is 9.91. The molecule has 2 aromatic heterocycles. The largest absolute Gasteiger partial charge is 0.444 e. The van der Waals surface area contributed by atoms with Crippen molar-refractivity contribution < 1.29 is 22.7 Å². The van der Waals surface area contributed by atoms with Crippen molar-refractivity contribution in [2.24, 2.45) is 5.92 Å². The molecule has 0 bridgehead atoms. The Kier molecular flexibility index (Phi) is 8.81. The molecule has 41 heavy (non-hydrogen) atoms. The first kappa shape index (κ1) is 30.5. The van der Waals surface area contributed by atoms with E-state index in [1.807, 2.05) is 20.8 Å². The van der Waals surface area contributed by atoms with Crippen LogP contribution >= 0.6 is 0 Å². The summed E-state index contributed by atoms with van der Waals surface area (Å²) >= 11 is 0. The van der Waals surface area contributed by atoms with Crippen LogP contribution in [0.4, 0.5) is 16.4 Å². The number of alkyl carbamates (subject to hydrolysis) is 1. The van der Waals surface area contributed by atoms with Gasteiger partial charge >= 0.3 is 6.09 Å². The van der Waals surface area contributed by atoms with Crippen molar-refractivity contribution in [2.75, 3.05) is 16.8 Å². The van der Waals surface area contributed by atoms with Gasteiger partial charge in [0.2, 0.25) is 0 Å². The SMILES string of the molecule is CC1CN(c2ncccc2C(=O)NS(=O)(=O)c2cccc(N[C@H]3CC[C@H](NC(=O)OC(C)(C)C)CC3)n2)C(C)(C)C1. The van der Waals surface area contributed by atoms with Crippen molar-refractivity contribution in [2.45, 2.75) is 102 Å². The molecule has 0 spiro atoms. The Balaban J connectivity index is 1.39. The number of ether oxygens (including phenoxy) is 1. The number of nitrogens with one attached hydrogen (secondary N) is 3. The zero-order valence-electron chi connectivity index (χ0n) is 24.7. The molecule has 0 radical (unpaired) electrons. The third-order valence-electron chi connectivity index (χ3n) is 7.39. The molecule has 1 aliphatic carbocycles. The molecule has 0 aromatic carbocycles. The molecule has 224 valence electrons. The number of rotatable bonds is 7. The van der Waals surface area contributed by atoms with Crippen LogP contribution in [0.25, 0.3) is 0 Å². The fraction of sp³-hybridized carbons (Fsp3) is 0.586. The van der Waals surface area contributed by atoms with E-state index < -0.39 is 27.6 Å². The smallest absolute Gasteiger partial charge is 0.407 e. The summed E-state index contributed by atoms with van der Waals surface area (Å²) in [7, 11) is -4.25. The van der Waals surface area contributed by atoms with Gasteiger partial charge in [-0.05, 0) is 96.9 Å². The second-order valence-corrected chi connectivity index (χ2v) is 14.4. The maximum absolute atomic E-state index is 13.3. The van der Waals surface area contributed by atoms with Crippen LogP contribution in [0.1, 0.15) is 84.0 Å². The molecular weight excluding hydrogens is 544 g/mol. The number of sulfonamides is 1. The highest BCUT2D eigenvalue weighted by Crippen LogP contribution is 2.37. The Morgan fingerprint density at radius 3 is 2.37 bits per heavy atom. The van der Waals surface area contributed by atoms with Crippen molar-refractivity contribution in [3.63, 3.8) is 0 Å². The van der Waals surface area contributed by atoms with E-state index in [0.717, 1.165) is 38.6 Å². The van der Waals surface area contributed by atoms with Crippen LogP contribution in [0, 0.1) is 5.92 Å². The quantitative estimate of drug-likeness (QED) is 0.428. The van der Waals surface area contributed by atoms with Crippen LogP contribution in [0.15, 0.2) is 41.6 Å². The second kappa shape index (κ2) is 11.8. The number of nitrogens with zero attached hydrogens (tertiary/aromatic N) is 3. The maximum atomic E-state index is 13.3. The molecule has 12 heteroatoms. The van der Waals surface area contributed by atoms with E-state index in [-0.39, 0.29) is 28.2 Å². The summed E-state index contributed by atoms with van der Waals surface area (Å²) < 4.78 is 33.9. The van der Waals surface area contributed by atoms with E-state index in [2.05, 4.69) is 51.0 Å². The molecule has 3 heterocycles. The maximum Gasteiger partial charge on any atom is 0.407 e. The van der Waals surface area contributed by atoms with Gasteiger partial charge in [0.05, 0.1) is 5.56 Å². The molecule has 2 aliphatic rings. The summed E-state index contributed by atoms with van der Waals surface area (Å²) in [6.45, 7) is 12.5. The van der Waals surface area contributed by atoms with Gasteiger partial charge in [-0.1, -0.05) is 13.0 Å². The Morgan fingerprint density at radius 2 is 1.73 bits per heavy atom. The minimum Gasteiger partial charge on any atom is -0.444 e. The third kappa shape index (κ3) is 7.87. The first-order valence-corrected chi connectivity index (χ1v) is 15.6. The Labute approximate surface area is 242 Å². The van der Waals surface area contributed by atoms with Crippen molar-refractivity contribution >= 4 is 33.7 Å². The predicted octanol–water partition coefficient (Wildman–Crippen LogP) is 4.47. The zero-order chi connectivity index (χ0) is 30.0.